The second-order valence-electron chi connectivity index (χ2n) is 6.60. The molecule has 0 amide bonds. The quantitative estimate of drug-likeness (QED) is 0.556. The third-order valence-corrected chi connectivity index (χ3v) is 4.51. The maximum atomic E-state index is 10.2. The van der Waals surface area contributed by atoms with Crippen LogP contribution in [0.4, 0.5) is 0 Å². The van der Waals surface area contributed by atoms with E-state index < -0.39 is 25.4 Å². The highest BCUT2D eigenvalue weighted by Crippen LogP contribution is 2.43. The van der Waals surface area contributed by atoms with Crippen LogP contribution in [-0.4, -0.2) is 45.6 Å². The molecule has 110 valence electrons. The summed E-state index contributed by atoms with van der Waals surface area (Å²) in [6.45, 7) is 6.67. The Morgan fingerprint density at radius 1 is 0.947 bits per heavy atom. The number of hydrogen-bond donors (Lipinski definition) is 4. The molecule has 4 N–H and O–H groups in total. The lowest BCUT2D eigenvalue weighted by Gasteiger charge is -2.41. The Balaban J connectivity index is 2.73. The summed E-state index contributed by atoms with van der Waals surface area (Å²) in [5, 5.41) is 39.1. The van der Waals surface area contributed by atoms with Crippen molar-refractivity contribution in [2.24, 2.45) is 0 Å². The number of rotatable bonds is 5. The zero-order valence-corrected chi connectivity index (χ0v) is 12.3. The maximum absolute atomic E-state index is 10.2. The third kappa shape index (κ3) is 4.20. The molecule has 0 saturated heterocycles. The minimum Gasteiger partial charge on any atom is -0.427 e. The van der Waals surface area contributed by atoms with Crippen molar-refractivity contribution >= 4 is 14.2 Å². The van der Waals surface area contributed by atoms with Gasteiger partial charge in [-0.1, -0.05) is 25.7 Å². The molecule has 5 nitrogen and oxygen atoms in total. The number of aliphatic hydroxyl groups is 1. The van der Waals surface area contributed by atoms with Crippen LogP contribution in [0.25, 0.3) is 0 Å². The summed E-state index contributed by atoms with van der Waals surface area (Å²) in [6, 6.07) is 0. The SMILES string of the molecule is CC(C)(O)C(C)(C)OB(O)[C@@H]1CCCC[C@H]1B(O)O. The Morgan fingerprint density at radius 2 is 1.42 bits per heavy atom. The van der Waals surface area contributed by atoms with E-state index in [0.717, 1.165) is 12.8 Å². The Morgan fingerprint density at radius 3 is 1.84 bits per heavy atom. The van der Waals surface area contributed by atoms with E-state index in [1.807, 2.05) is 0 Å². The van der Waals surface area contributed by atoms with Crippen LogP contribution in [0.15, 0.2) is 0 Å². The fourth-order valence-corrected chi connectivity index (χ4v) is 2.45. The first kappa shape index (κ1) is 17.0. The maximum Gasteiger partial charge on any atom is 0.457 e. The molecular weight excluding hydrogens is 246 g/mol. The molecule has 1 rings (SSSR count). The first-order chi connectivity index (χ1) is 8.56. The van der Waals surface area contributed by atoms with Gasteiger partial charge in [0.1, 0.15) is 0 Å². The van der Waals surface area contributed by atoms with Gasteiger partial charge in [-0.05, 0) is 39.3 Å². The van der Waals surface area contributed by atoms with Crippen molar-refractivity contribution in [3.63, 3.8) is 0 Å². The molecule has 0 aliphatic heterocycles. The molecule has 0 heterocycles. The van der Waals surface area contributed by atoms with Gasteiger partial charge in [0.15, 0.2) is 0 Å². The summed E-state index contributed by atoms with van der Waals surface area (Å²) in [6.07, 6.45) is 3.24. The molecule has 1 aliphatic carbocycles. The van der Waals surface area contributed by atoms with Gasteiger partial charge in [-0.15, -0.1) is 0 Å². The van der Waals surface area contributed by atoms with Crippen LogP contribution in [0, 0.1) is 0 Å². The van der Waals surface area contributed by atoms with E-state index in [1.165, 1.54) is 0 Å². The van der Waals surface area contributed by atoms with Crippen LogP contribution in [-0.2, 0) is 4.65 Å². The molecule has 1 saturated carbocycles. The summed E-state index contributed by atoms with van der Waals surface area (Å²) in [7, 11) is -2.54. The molecule has 0 radical (unpaired) electrons. The van der Waals surface area contributed by atoms with Crippen molar-refractivity contribution in [1.82, 2.24) is 0 Å². The van der Waals surface area contributed by atoms with Crippen molar-refractivity contribution in [2.75, 3.05) is 0 Å². The van der Waals surface area contributed by atoms with Gasteiger partial charge in [0.25, 0.3) is 0 Å². The topological polar surface area (TPSA) is 90.2 Å². The normalized spacial score (nSPS) is 25.3. The van der Waals surface area contributed by atoms with E-state index in [2.05, 4.69) is 0 Å². The monoisotopic (exact) mass is 272 g/mol. The lowest BCUT2D eigenvalue weighted by atomic mass is 9.49. The molecule has 0 aromatic rings. The third-order valence-electron chi connectivity index (χ3n) is 4.51. The highest BCUT2D eigenvalue weighted by atomic mass is 16.5. The molecule has 0 unspecified atom stereocenters. The zero-order valence-electron chi connectivity index (χ0n) is 12.3. The van der Waals surface area contributed by atoms with Crippen LogP contribution in [0.1, 0.15) is 53.4 Å². The molecule has 7 heteroatoms. The van der Waals surface area contributed by atoms with E-state index in [-0.39, 0.29) is 11.6 Å². The second-order valence-corrected chi connectivity index (χ2v) is 6.60. The van der Waals surface area contributed by atoms with Crippen molar-refractivity contribution in [2.45, 2.75) is 76.2 Å². The van der Waals surface area contributed by atoms with Gasteiger partial charge in [0, 0.05) is 0 Å². The molecular formula is C12H26B2O5. The van der Waals surface area contributed by atoms with E-state index in [0.29, 0.717) is 12.8 Å². The summed E-state index contributed by atoms with van der Waals surface area (Å²) in [5.74, 6) is -0.684. The highest BCUT2D eigenvalue weighted by molar-refractivity contribution is 6.51. The minimum atomic E-state index is -1.44. The van der Waals surface area contributed by atoms with Crippen molar-refractivity contribution in [3.05, 3.63) is 0 Å². The summed E-state index contributed by atoms with van der Waals surface area (Å²) in [4.78, 5) is 0. The van der Waals surface area contributed by atoms with E-state index >= 15 is 0 Å². The Kier molecular flexibility index (Phi) is 5.49. The Labute approximate surface area is 116 Å². The van der Waals surface area contributed by atoms with Crippen LogP contribution < -0.4 is 0 Å². The van der Waals surface area contributed by atoms with Gasteiger partial charge in [-0.25, -0.2) is 0 Å². The van der Waals surface area contributed by atoms with Crippen molar-refractivity contribution in [3.8, 4) is 0 Å². The van der Waals surface area contributed by atoms with Crippen molar-refractivity contribution < 1.29 is 24.8 Å². The second kappa shape index (κ2) is 6.14. The molecule has 2 atom stereocenters. The predicted octanol–water partition coefficient (Wildman–Crippen LogP) is 0.820. The number of hydrogen-bond acceptors (Lipinski definition) is 5. The average Bonchev–Trinajstić information content (AvgIpc) is 2.26. The summed E-state index contributed by atoms with van der Waals surface area (Å²) >= 11 is 0. The van der Waals surface area contributed by atoms with Crippen molar-refractivity contribution in [1.29, 1.82) is 0 Å². The van der Waals surface area contributed by atoms with Crippen LogP contribution in [0.2, 0.25) is 11.6 Å². The summed E-state index contributed by atoms with van der Waals surface area (Å²) in [5.41, 5.74) is -2.02. The summed E-state index contributed by atoms with van der Waals surface area (Å²) < 4.78 is 5.61. The largest absolute Gasteiger partial charge is 0.457 e. The molecule has 0 aromatic carbocycles. The van der Waals surface area contributed by atoms with Crippen LogP contribution >= 0.6 is 0 Å². The fraction of sp³-hybridized carbons (Fsp3) is 1.00. The molecule has 1 aliphatic rings. The van der Waals surface area contributed by atoms with Gasteiger partial charge in [-0.2, -0.15) is 0 Å². The van der Waals surface area contributed by atoms with Gasteiger partial charge in [0.05, 0.1) is 11.2 Å². The molecule has 0 spiro atoms. The Hall–Kier alpha value is -0.0701. The van der Waals surface area contributed by atoms with Gasteiger partial charge < -0.3 is 24.8 Å². The van der Waals surface area contributed by atoms with Gasteiger partial charge >= 0.3 is 14.2 Å². The van der Waals surface area contributed by atoms with Crippen LogP contribution in [0.3, 0.4) is 0 Å². The standard InChI is InChI=1S/C12H26B2O5/c1-11(2,15)12(3,4)19-14(18)10-8-6-5-7-9(10)13(16)17/h9-10,15-18H,5-8H2,1-4H3/t9-,10-/m1/s1. The minimum absolute atomic E-state index is 0.310. The predicted molar refractivity (Wildman–Crippen MR) is 75.6 cm³/mol. The highest BCUT2D eigenvalue weighted by Gasteiger charge is 2.46. The first-order valence-corrected chi connectivity index (χ1v) is 7.00. The lowest BCUT2D eigenvalue weighted by molar-refractivity contribution is -0.101. The van der Waals surface area contributed by atoms with E-state index in [4.69, 9.17) is 4.65 Å². The molecule has 19 heavy (non-hydrogen) atoms. The Bertz CT molecular complexity index is 290. The molecule has 0 bridgehead atoms. The molecule has 0 aromatic heterocycles. The smallest absolute Gasteiger partial charge is 0.427 e. The first-order valence-electron chi connectivity index (χ1n) is 7.00. The van der Waals surface area contributed by atoms with E-state index in [9.17, 15) is 20.2 Å². The zero-order chi connectivity index (χ0) is 14.8. The van der Waals surface area contributed by atoms with Crippen LogP contribution in [0.5, 0.6) is 0 Å². The lowest BCUT2D eigenvalue weighted by Crippen LogP contribution is -2.52. The fourth-order valence-electron chi connectivity index (χ4n) is 2.45. The van der Waals surface area contributed by atoms with Gasteiger partial charge in [0.2, 0.25) is 0 Å². The average molecular weight is 272 g/mol. The van der Waals surface area contributed by atoms with Gasteiger partial charge in [-0.3, -0.25) is 0 Å². The molecule has 1 fully saturated rings. The van der Waals surface area contributed by atoms with E-state index in [1.54, 1.807) is 27.7 Å².